The fourth-order valence-corrected chi connectivity index (χ4v) is 2.60. The number of hydrogen-bond donors (Lipinski definition) is 1. The molecule has 19 heavy (non-hydrogen) atoms. The highest BCUT2D eigenvalue weighted by Crippen LogP contribution is 2.24. The van der Waals surface area contributed by atoms with Crippen LogP contribution in [-0.2, 0) is 11.3 Å². The number of nitrogens with zero attached hydrogens (tertiary/aromatic N) is 1. The van der Waals surface area contributed by atoms with Crippen molar-refractivity contribution >= 4 is 5.78 Å². The molecule has 1 unspecified atom stereocenters. The average molecular weight is 263 g/mol. The van der Waals surface area contributed by atoms with E-state index in [0.717, 1.165) is 31.7 Å². The lowest BCUT2D eigenvalue weighted by atomic mass is 10.1. The first-order valence-electron chi connectivity index (χ1n) is 6.64. The standard InChI is InChI=1S/C15H21NO3/c1-11(17)13-3-4-15(18)14(7-13)9-16-6-5-12(8-16)10-19-2/h3-4,7,12,18H,5-6,8-10H2,1-2H3. The van der Waals surface area contributed by atoms with E-state index in [4.69, 9.17) is 4.74 Å². The third-order valence-electron chi connectivity index (χ3n) is 3.65. The number of aromatic hydroxyl groups is 1. The number of methoxy groups -OCH3 is 1. The van der Waals surface area contributed by atoms with Gasteiger partial charge in [-0.25, -0.2) is 0 Å². The summed E-state index contributed by atoms with van der Waals surface area (Å²) in [5, 5.41) is 9.88. The summed E-state index contributed by atoms with van der Waals surface area (Å²) in [6.45, 7) is 5.01. The summed E-state index contributed by atoms with van der Waals surface area (Å²) in [6.07, 6.45) is 1.13. The molecule has 1 heterocycles. The Morgan fingerprint density at radius 1 is 1.53 bits per heavy atom. The van der Waals surface area contributed by atoms with Crippen LogP contribution in [0.1, 0.15) is 29.3 Å². The summed E-state index contributed by atoms with van der Waals surface area (Å²) in [7, 11) is 1.73. The second-order valence-electron chi connectivity index (χ2n) is 5.24. The molecular formula is C15H21NO3. The second kappa shape index (κ2) is 6.17. The van der Waals surface area contributed by atoms with Crippen LogP contribution in [0.2, 0.25) is 0 Å². The van der Waals surface area contributed by atoms with Crippen molar-refractivity contribution in [3.8, 4) is 5.75 Å². The van der Waals surface area contributed by atoms with Gasteiger partial charge in [0.25, 0.3) is 0 Å². The molecule has 0 radical (unpaired) electrons. The molecule has 0 saturated carbocycles. The minimum Gasteiger partial charge on any atom is -0.508 e. The Bertz CT molecular complexity index is 459. The number of hydrogen-bond acceptors (Lipinski definition) is 4. The van der Waals surface area contributed by atoms with E-state index in [1.165, 1.54) is 0 Å². The van der Waals surface area contributed by atoms with E-state index in [1.54, 1.807) is 32.2 Å². The Balaban J connectivity index is 2.03. The van der Waals surface area contributed by atoms with E-state index < -0.39 is 0 Å². The summed E-state index contributed by atoms with van der Waals surface area (Å²) in [5.41, 5.74) is 1.48. The molecule has 4 nitrogen and oxygen atoms in total. The Morgan fingerprint density at radius 2 is 2.32 bits per heavy atom. The van der Waals surface area contributed by atoms with E-state index in [-0.39, 0.29) is 11.5 Å². The number of ketones is 1. The molecule has 0 aromatic heterocycles. The quantitative estimate of drug-likeness (QED) is 0.826. The van der Waals surface area contributed by atoms with Gasteiger partial charge in [-0.05, 0) is 44.0 Å². The average Bonchev–Trinajstić information content (AvgIpc) is 2.80. The Labute approximate surface area is 114 Å². The number of carbonyl (C=O) groups is 1. The molecule has 0 aliphatic carbocycles. The first-order chi connectivity index (χ1) is 9.10. The van der Waals surface area contributed by atoms with E-state index in [2.05, 4.69) is 4.90 Å². The fourth-order valence-electron chi connectivity index (χ4n) is 2.60. The summed E-state index contributed by atoms with van der Waals surface area (Å²) in [6, 6.07) is 5.06. The Hall–Kier alpha value is -1.39. The van der Waals surface area contributed by atoms with Gasteiger partial charge in [0.15, 0.2) is 5.78 Å². The van der Waals surface area contributed by atoms with Gasteiger partial charge in [-0.2, -0.15) is 0 Å². The van der Waals surface area contributed by atoms with Crippen LogP contribution in [0.15, 0.2) is 18.2 Å². The van der Waals surface area contributed by atoms with Crippen molar-refractivity contribution in [2.24, 2.45) is 5.92 Å². The molecule has 1 aromatic rings. The number of rotatable bonds is 5. The predicted octanol–water partition coefficient (Wildman–Crippen LogP) is 2.06. The second-order valence-corrected chi connectivity index (χ2v) is 5.24. The molecular weight excluding hydrogens is 242 g/mol. The SMILES string of the molecule is COCC1CCN(Cc2cc(C(C)=O)ccc2O)C1. The van der Waals surface area contributed by atoms with Gasteiger partial charge in [0.2, 0.25) is 0 Å². The van der Waals surface area contributed by atoms with Crippen molar-refractivity contribution in [3.63, 3.8) is 0 Å². The molecule has 4 heteroatoms. The van der Waals surface area contributed by atoms with Gasteiger partial charge in [0.1, 0.15) is 5.75 Å². The topological polar surface area (TPSA) is 49.8 Å². The fraction of sp³-hybridized carbons (Fsp3) is 0.533. The monoisotopic (exact) mass is 263 g/mol. The molecule has 104 valence electrons. The van der Waals surface area contributed by atoms with Crippen LogP contribution in [-0.4, -0.2) is 42.6 Å². The van der Waals surface area contributed by atoms with Gasteiger partial charge < -0.3 is 9.84 Å². The summed E-state index contributed by atoms with van der Waals surface area (Å²) >= 11 is 0. The molecule has 1 aliphatic heterocycles. The van der Waals surface area contributed by atoms with Crippen LogP contribution in [0.3, 0.4) is 0 Å². The molecule has 0 amide bonds. The van der Waals surface area contributed by atoms with Crippen LogP contribution >= 0.6 is 0 Å². The largest absolute Gasteiger partial charge is 0.508 e. The Kier molecular flexibility index (Phi) is 4.56. The normalized spacial score (nSPS) is 19.8. The smallest absolute Gasteiger partial charge is 0.159 e. The maximum absolute atomic E-state index is 11.4. The van der Waals surface area contributed by atoms with Gasteiger partial charge in [-0.3, -0.25) is 9.69 Å². The van der Waals surface area contributed by atoms with E-state index in [9.17, 15) is 9.90 Å². The Morgan fingerprint density at radius 3 is 3.00 bits per heavy atom. The van der Waals surface area contributed by atoms with Crippen LogP contribution in [0.25, 0.3) is 0 Å². The minimum absolute atomic E-state index is 0.0277. The van der Waals surface area contributed by atoms with Crippen molar-refractivity contribution in [2.75, 3.05) is 26.8 Å². The highest BCUT2D eigenvalue weighted by molar-refractivity contribution is 5.94. The molecule has 1 aromatic carbocycles. The number of ether oxygens (including phenoxy) is 1. The number of likely N-dealkylation sites (tertiary alicyclic amines) is 1. The molecule has 1 atom stereocenters. The molecule has 1 N–H and O–H groups in total. The van der Waals surface area contributed by atoms with Crippen molar-refractivity contribution in [3.05, 3.63) is 29.3 Å². The van der Waals surface area contributed by atoms with Gasteiger partial charge in [-0.15, -0.1) is 0 Å². The summed E-state index contributed by atoms with van der Waals surface area (Å²) in [4.78, 5) is 13.7. The number of phenolic OH excluding ortho intramolecular Hbond substituents is 1. The zero-order valence-electron chi connectivity index (χ0n) is 11.6. The lowest BCUT2D eigenvalue weighted by Gasteiger charge is -2.17. The van der Waals surface area contributed by atoms with Gasteiger partial charge in [0, 0.05) is 31.3 Å². The number of phenols is 1. The van der Waals surface area contributed by atoms with E-state index in [1.807, 2.05) is 0 Å². The highest BCUT2D eigenvalue weighted by Gasteiger charge is 2.23. The van der Waals surface area contributed by atoms with Crippen molar-refractivity contribution in [1.82, 2.24) is 4.90 Å². The third kappa shape index (κ3) is 3.55. The molecule has 1 aliphatic rings. The van der Waals surface area contributed by atoms with E-state index in [0.29, 0.717) is 18.0 Å². The number of Topliss-reactive ketones (excluding diaryl/α,β-unsaturated/α-hetero) is 1. The molecule has 1 saturated heterocycles. The first-order valence-corrected chi connectivity index (χ1v) is 6.64. The van der Waals surface area contributed by atoms with Crippen LogP contribution in [0.4, 0.5) is 0 Å². The lowest BCUT2D eigenvalue weighted by molar-refractivity contribution is 0.101. The van der Waals surface area contributed by atoms with Gasteiger partial charge in [0.05, 0.1) is 6.61 Å². The molecule has 0 spiro atoms. The van der Waals surface area contributed by atoms with Crippen molar-refractivity contribution in [2.45, 2.75) is 19.9 Å². The third-order valence-corrected chi connectivity index (χ3v) is 3.65. The number of benzene rings is 1. The maximum atomic E-state index is 11.4. The maximum Gasteiger partial charge on any atom is 0.159 e. The van der Waals surface area contributed by atoms with Gasteiger partial charge >= 0.3 is 0 Å². The minimum atomic E-state index is 0.0277. The van der Waals surface area contributed by atoms with Gasteiger partial charge in [-0.1, -0.05) is 0 Å². The van der Waals surface area contributed by atoms with Crippen LogP contribution in [0.5, 0.6) is 5.75 Å². The summed E-state index contributed by atoms with van der Waals surface area (Å²) in [5.74, 6) is 0.864. The van der Waals surface area contributed by atoms with Crippen molar-refractivity contribution in [1.29, 1.82) is 0 Å². The predicted molar refractivity (Wildman–Crippen MR) is 73.4 cm³/mol. The zero-order valence-corrected chi connectivity index (χ0v) is 11.6. The van der Waals surface area contributed by atoms with Crippen LogP contribution < -0.4 is 0 Å². The van der Waals surface area contributed by atoms with Crippen LogP contribution in [0, 0.1) is 5.92 Å². The molecule has 0 bridgehead atoms. The highest BCUT2D eigenvalue weighted by atomic mass is 16.5. The lowest BCUT2D eigenvalue weighted by Crippen LogP contribution is -2.21. The van der Waals surface area contributed by atoms with E-state index >= 15 is 0 Å². The molecule has 1 fully saturated rings. The van der Waals surface area contributed by atoms with Crippen molar-refractivity contribution < 1.29 is 14.6 Å². The zero-order chi connectivity index (χ0) is 13.8. The number of carbonyl (C=O) groups excluding carboxylic acids is 1. The first kappa shape index (κ1) is 14.0. The summed E-state index contributed by atoms with van der Waals surface area (Å²) < 4.78 is 5.18. The molecule has 2 rings (SSSR count).